The van der Waals surface area contributed by atoms with E-state index in [1.807, 2.05) is 19.9 Å². The Morgan fingerprint density at radius 1 is 1.23 bits per heavy atom. The van der Waals surface area contributed by atoms with Crippen molar-refractivity contribution < 1.29 is 4.52 Å². The molecule has 2 aromatic heterocycles. The molecule has 8 heteroatoms. The Morgan fingerprint density at radius 3 is 2.81 bits per heavy atom. The number of nitrogens with zero attached hydrogens (tertiary/aromatic N) is 7. The number of rotatable bonds is 5. The van der Waals surface area contributed by atoms with Crippen LogP contribution >= 0.6 is 0 Å². The topological polar surface area (TPSA) is 116 Å². The number of hydrogen-bond acceptors (Lipinski definition) is 8. The number of hydrogen-bond donors (Lipinski definition) is 0. The van der Waals surface area contributed by atoms with Crippen LogP contribution in [0.15, 0.2) is 41.1 Å². The van der Waals surface area contributed by atoms with Crippen LogP contribution in [0.25, 0.3) is 23.0 Å². The maximum atomic E-state index is 9.13. The maximum absolute atomic E-state index is 9.13. The molecule has 1 unspecified atom stereocenters. The summed E-state index contributed by atoms with van der Waals surface area (Å²) >= 11 is 0. The molecular formula is C18H15N7O. The van der Waals surface area contributed by atoms with Gasteiger partial charge < -0.3 is 9.42 Å². The zero-order valence-electron chi connectivity index (χ0n) is 14.3. The van der Waals surface area contributed by atoms with Crippen molar-refractivity contribution in [1.82, 2.24) is 25.0 Å². The van der Waals surface area contributed by atoms with Gasteiger partial charge in [0.25, 0.3) is 5.89 Å². The van der Waals surface area contributed by atoms with Crippen LogP contribution in [0.4, 0.5) is 0 Å². The highest BCUT2D eigenvalue weighted by Gasteiger charge is 2.20. The summed E-state index contributed by atoms with van der Waals surface area (Å²) in [7, 11) is 0. The lowest BCUT2D eigenvalue weighted by atomic mass is 10.1. The summed E-state index contributed by atoms with van der Waals surface area (Å²) in [6.07, 6.45) is 3.70. The van der Waals surface area contributed by atoms with Crippen molar-refractivity contribution in [1.29, 1.82) is 10.5 Å². The van der Waals surface area contributed by atoms with Crippen molar-refractivity contribution in [3.63, 3.8) is 0 Å². The summed E-state index contributed by atoms with van der Waals surface area (Å²) in [5, 5.41) is 22.1. The summed E-state index contributed by atoms with van der Waals surface area (Å²) in [5.41, 5.74) is 1.73. The fourth-order valence-corrected chi connectivity index (χ4v) is 2.42. The van der Waals surface area contributed by atoms with Gasteiger partial charge in [-0.2, -0.15) is 15.5 Å². The Bertz CT molecular complexity index is 999. The Hall–Kier alpha value is -3.78. The maximum Gasteiger partial charge on any atom is 0.276 e. The first-order chi connectivity index (χ1) is 12.7. The normalized spacial score (nSPS) is 11.4. The fourth-order valence-electron chi connectivity index (χ4n) is 2.42. The summed E-state index contributed by atoms with van der Waals surface area (Å²) < 4.78 is 5.31. The second kappa shape index (κ2) is 7.41. The van der Waals surface area contributed by atoms with Gasteiger partial charge in [0.2, 0.25) is 0 Å². The van der Waals surface area contributed by atoms with Crippen molar-refractivity contribution in [2.75, 3.05) is 6.54 Å². The molecular weight excluding hydrogens is 330 g/mol. The lowest BCUT2D eigenvalue weighted by molar-refractivity contribution is 0.304. The number of aromatic nitrogens is 4. The van der Waals surface area contributed by atoms with Crippen molar-refractivity contribution >= 4 is 0 Å². The third-order valence-electron chi connectivity index (χ3n) is 3.88. The van der Waals surface area contributed by atoms with Gasteiger partial charge >= 0.3 is 0 Å². The minimum atomic E-state index is -0.295. The molecule has 0 aliphatic heterocycles. The third-order valence-corrected chi connectivity index (χ3v) is 3.88. The molecule has 8 nitrogen and oxygen atoms in total. The van der Waals surface area contributed by atoms with Gasteiger partial charge in [0, 0.05) is 18.3 Å². The van der Waals surface area contributed by atoms with E-state index in [1.165, 1.54) is 0 Å². The van der Waals surface area contributed by atoms with Gasteiger partial charge in [-0.1, -0.05) is 17.3 Å². The Balaban J connectivity index is 1.92. The van der Waals surface area contributed by atoms with Gasteiger partial charge in [0.1, 0.15) is 5.69 Å². The molecule has 128 valence electrons. The highest BCUT2D eigenvalue weighted by molar-refractivity contribution is 5.60. The molecule has 0 saturated carbocycles. The minimum Gasteiger partial charge on any atom is -0.332 e. The van der Waals surface area contributed by atoms with Crippen LogP contribution in [0.3, 0.4) is 0 Å². The molecule has 0 aliphatic carbocycles. The Kier molecular flexibility index (Phi) is 4.86. The molecule has 26 heavy (non-hydrogen) atoms. The Labute approximate surface area is 150 Å². The van der Waals surface area contributed by atoms with E-state index in [2.05, 4.69) is 32.4 Å². The van der Waals surface area contributed by atoms with Gasteiger partial charge in [0.15, 0.2) is 17.8 Å². The standard InChI is InChI=1S/C18H15N7O/c1-3-25(11-20)12(2)16-23-18(26-24-16)15-7-8-21-17(22-15)14-6-4-5-13(9-14)10-19/h4-9,12H,3H2,1-2H3. The highest BCUT2D eigenvalue weighted by Crippen LogP contribution is 2.23. The molecule has 2 heterocycles. The largest absolute Gasteiger partial charge is 0.332 e. The second-order valence-corrected chi connectivity index (χ2v) is 5.48. The van der Waals surface area contributed by atoms with Crippen LogP contribution in [0.1, 0.15) is 31.3 Å². The molecule has 0 radical (unpaired) electrons. The SMILES string of the molecule is CCN(C#N)C(C)c1noc(-c2ccnc(-c3cccc(C#N)c3)n2)n1. The van der Waals surface area contributed by atoms with E-state index in [-0.39, 0.29) is 11.9 Å². The molecule has 3 rings (SSSR count). The lowest BCUT2D eigenvalue weighted by Gasteiger charge is -2.17. The van der Waals surface area contributed by atoms with Crippen LogP contribution in [0.5, 0.6) is 0 Å². The monoisotopic (exact) mass is 345 g/mol. The van der Waals surface area contributed by atoms with Crippen LogP contribution < -0.4 is 0 Å². The summed E-state index contributed by atoms with van der Waals surface area (Å²) in [6, 6.07) is 10.5. The van der Waals surface area contributed by atoms with E-state index in [0.717, 1.165) is 5.56 Å². The van der Waals surface area contributed by atoms with E-state index < -0.39 is 0 Å². The summed E-state index contributed by atoms with van der Waals surface area (Å²) in [4.78, 5) is 14.6. The van der Waals surface area contributed by atoms with Crippen molar-refractivity contribution in [3.05, 3.63) is 47.9 Å². The van der Waals surface area contributed by atoms with Crippen molar-refractivity contribution in [2.45, 2.75) is 19.9 Å². The van der Waals surface area contributed by atoms with Crippen molar-refractivity contribution in [3.8, 4) is 35.2 Å². The first kappa shape index (κ1) is 17.1. The number of nitriles is 2. The summed E-state index contributed by atoms with van der Waals surface area (Å²) in [6.45, 7) is 4.27. The molecule has 0 spiro atoms. The quantitative estimate of drug-likeness (QED) is 0.512. The van der Waals surface area contributed by atoms with E-state index in [0.29, 0.717) is 29.5 Å². The van der Waals surface area contributed by atoms with E-state index in [9.17, 15) is 0 Å². The molecule has 1 aromatic carbocycles. The van der Waals surface area contributed by atoms with Crippen LogP contribution in [-0.4, -0.2) is 31.6 Å². The zero-order valence-corrected chi connectivity index (χ0v) is 14.3. The molecule has 0 saturated heterocycles. The molecule has 0 N–H and O–H groups in total. The zero-order chi connectivity index (χ0) is 18.5. The molecule has 0 aliphatic rings. The van der Waals surface area contributed by atoms with Gasteiger partial charge in [-0.25, -0.2) is 9.97 Å². The smallest absolute Gasteiger partial charge is 0.276 e. The predicted octanol–water partition coefficient (Wildman–Crippen LogP) is 2.93. The molecule has 0 fully saturated rings. The summed E-state index contributed by atoms with van der Waals surface area (Å²) in [5.74, 6) is 1.12. The first-order valence-electron chi connectivity index (χ1n) is 8.00. The van der Waals surface area contributed by atoms with E-state index in [1.54, 1.807) is 35.4 Å². The minimum absolute atomic E-state index is 0.251. The number of benzene rings is 1. The van der Waals surface area contributed by atoms with Gasteiger partial charge in [0.05, 0.1) is 17.7 Å². The van der Waals surface area contributed by atoms with Gasteiger partial charge in [-0.15, -0.1) is 0 Å². The molecule has 0 amide bonds. The lowest BCUT2D eigenvalue weighted by Crippen LogP contribution is -2.22. The van der Waals surface area contributed by atoms with Crippen molar-refractivity contribution in [2.24, 2.45) is 0 Å². The fraction of sp³-hybridized carbons (Fsp3) is 0.222. The van der Waals surface area contributed by atoms with E-state index >= 15 is 0 Å². The van der Waals surface area contributed by atoms with Crippen LogP contribution in [-0.2, 0) is 0 Å². The van der Waals surface area contributed by atoms with Gasteiger partial charge in [-0.05, 0) is 32.0 Å². The molecule has 3 aromatic rings. The molecule has 1 atom stereocenters. The van der Waals surface area contributed by atoms with Crippen LogP contribution in [0.2, 0.25) is 0 Å². The predicted molar refractivity (Wildman–Crippen MR) is 91.9 cm³/mol. The highest BCUT2D eigenvalue weighted by atomic mass is 16.5. The van der Waals surface area contributed by atoms with E-state index in [4.69, 9.17) is 15.0 Å². The molecule has 0 bridgehead atoms. The Morgan fingerprint density at radius 2 is 2.08 bits per heavy atom. The average Bonchev–Trinajstić information content (AvgIpc) is 3.19. The second-order valence-electron chi connectivity index (χ2n) is 5.48. The van der Waals surface area contributed by atoms with Crippen LogP contribution in [0, 0.1) is 22.8 Å². The third kappa shape index (κ3) is 3.35. The van der Waals surface area contributed by atoms with Gasteiger partial charge in [-0.3, -0.25) is 0 Å². The average molecular weight is 345 g/mol. The first-order valence-corrected chi connectivity index (χ1v) is 8.00.